The van der Waals surface area contributed by atoms with E-state index in [1.165, 1.54) is 16.0 Å². The Morgan fingerprint density at radius 2 is 1.97 bits per heavy atom. The van der Waals surface area contributed by atoms with E-state index in [0.717, 1.165) is 53.8 Å². The van der Waals surface area contributed by atoms with Crippen LogP contribution in [0.5, 0.6) is 5.75 Å². The summed E-state index contributed by atoms with van der Waals surface area (Å²) in [7, 11) is 1.66. The largest absolute Gasteiger partial charge is 0.496 e. The molecule has 4 aromatic rings. The minimum Gasteiger partial charge on any atom is -0.496 e. The number of thiophene rings is 1. The van der Waals surface area contributed by atoms with E-state index in [1.807, 2.05) is 24.3 Å². The summed E-state index contributed by atoms with van der Waals surface area (Å²) in [6, 6.07) is 18.9. The molecule has 1 atom stereocenters. The lowest BCUT2D eigenvalue weighted by molar-refractivity contribution is 0.408. The third-order valence-electron chi connectivity index (χ3n) is 6.26. The number of hydrogen-bond acceptors (Lipinski definition) is 5. The molecule has 2 heterocycles. The predicted octanol–water partition coefficient (Wildman–Crippen LogP) is 4.20. The van der Waals surface area contributed by atoms with E-state index >= 15 is 0 Å². The zero-order valence-corrected chi connectivity index (χ0v) is 19.0. The number of para-hydroxylation sites is 1. The van der Waals surface area contributed by atoms with Crippen molar-refractivity contribution in [2.24, 2.45) is 0 Å². The van der Waals surface area contributed by atoms with Crippen molar-refractivity contribution in [3.8, 4) is 5.75 Å². The van der Waals surface area contributed by atoms with Gasteiger partial charge in [-0.15, -0.1) is 11.3 Å². The Balaban J connectivity index is 1.33. The first-order valence-electron chi connectivity index (χ1n) is 11.1. The van der Waals surface area contributed by atoms with Crippen molar-refractivity contribution in [2.45, 2.75) is 38.3 Å². The first-order valence-corrected chi connectivity index (χ1v) is 11.9. The molecule has 0 saturated heterocycles. The quantitative estimate of drug-likeness (QED) is 0.463. The van der Waals surface area contributed by atoms with Gasteiger partial charge in [-0.25, -0.2) is 4.98 Å². The average Bonchev–Trinajstić information content (AvgIpc) is 3.20. The minimum absolute atomic E-state index is 0.0499. The van der Waals surface area contributed by atoms with E-state index in [0.29, 0.717) is 12.6 Å². The number of aromatic nitrogens is 2. The summed E-state index contributed by atoms with van der Waals surface area (Å²) in [5.41, 5.74) is 3.59. The average molecular weight is 446 g/mol. The minimum atomic E-state index is 0.0499. The van der Waals surface area contributed by atoms with E-state index in [-0.39, 0.29) is 5.56 Å². The van der Waals surface area contributed by atoms with Crippen LogP contribution in [0, 0.1) is 0 Å². The van der Waals surface area contributed by atoms with Crippen molar-refractivity contribution >= 4 is 21.6 Å². The van der Waals surface area contributed by atoms with Gasteiger partial charge in [0, 0.05) is 16.5 Å². The molecule has 32 heavy (non-hydrogen) atoms. The first-order chi connectivity index (χ1) is 15.7. The fourth-order valence-electron chi connectivity index (χ4n) is 4.57. The molecule has 0 aliphatic heterocycles. The summed E-state index contributed by atoms with van der Waals surface area (Å²) in [6.07, 6.45) is 5.65. The number of methoxy groups -OCH3 is 1. The molecule has 0 amide bonds. The number of ether oxygens (including phenoxy) is 1. The topological polar surface area (TPSA) is 56.2 Å². The van der Waals surface area contributed by atoms with Gasteiger partial charge in [0.05, 0.1) is 25.4 Å². The van der Waals surface area contributed by atoms with Gasteiger partial charge in [-0.05, 0) is 49.4 Å². The number of nitrogens with zero attached hydrogens (tertiary/aromatic N) is 2. The Kier molecular flexibility index (Phi) is 6.06. The highest BCUT2D eigenvalue weighted by Crippen LogP contribution is 2.33. The van der Waals surface area contributed by atoms with Gasteiger partial charge >= 0.3 is 0 Å². The second kappa shape index (κ2) is 9.27. The number of nitrogens with one attached hydrogen (secondary N) is 1. The highest BCUT2D eigenvalue weighted by Gasteiger charge is 2.25. The molecule has 2 aromatic carbocycles. The summed E-state index contributed by atoms with van der Waals surface area (Å²) in [4.78, 5) is 20.2. The number of rotatable bonds is 7. The predicted molar refractivity (Wildman–Crippen MR) is 130 cm³/mol. The monoisotopic (exact) mass is 445 g/mol. The van der Waals surface area contributed by atoms with Gasteiger partial charge in [-0.2, -0.15) is 0 Å². The van der Waals surface area contributed by atoms with Crippen LogP contribution in [-0.4, -0.2) is 29.2 Å². The van der Waals surface area contributed by atoms with Crippen LogP contribution in [0.15, 0.2) is 65.7 Å². The molecular formula is C26H27N3O2S. The molecule has 0 fully saturated rings. The van der Waals surface area contributed by atoms with Crippen LogP contribution in [0.2, 0.25) is 0 Å². The van der Waals surface area contributed by atoms with Crippen molar-refractivity contribution in [2.75, 3.05) is 13.7 Å². The van der Waals surface area contributed by atoms with Gasteiger partial charge < -0.3 is 10.1 Å². The lowest BCUT2D eigenvalue weighted by atomic mass is 9.93. The highest BCUT2D eigenvalue weighted by molar-refractivity contribution is 7.18. The van der Waals surface area contributed by atoms with Crippen molar-refractivity contribution in [1.29, 1.82) is 0 Å². The van der Waals surface area contributed by atoms with Gasteiger partial charge in [-0.1, -0.05) is 48.5 Å². The van der Waals surface area contributed by atoms with Crippen LogP contribution in [0.4, 0.5) is 0 Å². The summed E-state index contributed by atoms with van der Waals surface area (Å²) < 4.78 is 7.16. The van der Waals surface area contributed by atoms with Crippen LogP contribution in [0.25, 0.3) is 10.2 Å². The molecule has 0 spiro atoms. The van der Waals surface area contributed by atoms with Gasteiger partial charge in [-0.3, -0.25) is 9.36 Å². The summed E-state index contributed by atoms with van der Waals surface area (Å²) >= 11 is 1.68. The normalized spacial score (nSPS) is 15.6. The van der Waals surface area contributed by atoms with Crippen molar-refractivity contribution < 1.29 is 4.74 Å². The zero-order valence-electron chi connectivity index (χ0n) is 18.2. The molecule has 0 unspecified atom stereocenters. The Labute approximate surface area is 191 Å². The number of hydrogen-bond donors (Lipinski definition) is 1. The Bertz CT molecular complexity index is 1280. The van der Waals surface area contributed by atoms with E-state index < -0.39 is 0 Å². The molecule has 5 nitrogen and oxygen atoms in total. The number of fused-ring (bicyclic) bond motifs is 3. The lowest BCUT2D eigenvalue weighted by Crippen LogP contribution is -2.35. The molecule has 1 aliphatic carbocycles. The van der Waals surface area contributed by atoms with Crippen LogP contribution < -0.4 is 15.6 Å². The smallest absolute Gasteiger partial charge is 0.262 e. The Hall–Kier alpha value is -2.96. The second-order valence-electron chi connectivity index (χ2n) is 8.30. The third-order valence-corrected chi connectivity index (χ3v) is 7.42. The van der Waals surface area contributed by atoms with Crippen LogP contribution in [0.3, 0.4) is 0 Å². The molecule has 5 rings (SSSR count). The van der Waals surface area contributed by atoms with Gasteiger partial charge in [0.25, 0.3) is 5.56 Å². The maximum Gasteiger partial charge on any atom is 0.262 e. The zero-order chi connectivity index (χ0) is 21.9. The van der Waals surface area contributed by atoms with Gasteiger partial charge in [0.2, 0.25) is 0 Å². The molecule has 0 bridgehead atoms. The van der Waals surface area contributed by atoms with Gasteiger partial charge in [0.15, 0.2) is 0 Å². The fourth-order valence-corrected chi connectivity index (χ4v) is 5.83. The molecule has 1 N–H and O–H groups in total. The van der Waals surface area contributed by atoms with Crippen LogP contribution in [-0.2, 0) is 25.8 Å². The molecule has 164 valence electrons. The van der Waals surface area contributed by atoms with Crippen LogP contribution in [0.1, 0.15) is 28.0 Å². The highest BCUT2D eigenvalue weighted by atomic mass is 32.1. The summed E-state index contributed by atoms with van der Waals surface area (Å²) in [5.74, 6) is 0.788. The molecule has 1 aliphatic rings. The molecule has 6 heteroatoms. The van der Waals surface area contributed by atoms with Crippen molar-refractivity contribution in [3.63, 3.8) is 0 Å². The second-order valence-corrected chi connectivity index (χ2v) is 9.39. The molecule has 0 radical (unpaired) electrons. The van der Waals surface area contributed by atoms with Gasteiger partial charge in [0.1, 0.15) is 10.6 Å². The summed E-state index contributed by atoms with van der Waals surface area (Å²) in [5, 5.41) is 4.53. The molecule has 2 aromatic heterocycles. The number of benzene rings is 2. The lowest BCUT2D eigenvalue weighted by Gasteiger charge is -2.23. The van der Waals surface area contributed by atoms with Crippen LogP contribution >= 0.6 is 11.3 Å². The van der Waals surface area contributed by atoms with Crippen molar-refractivity contribution in [3.05, 3.63) is 92.8 Å². The fraction of sp³-hybridized carbons (Fsp3) is 0.308. The number of aryl methyl sites for hydroxylation is 1. The van der Waals surface area contributed by atoms with E-state index in [1.54, 1.807) is 29.3 Å². The third kappa shape index (κ3) is 4.20. The van der Waals surface area contributed by atoms with E-state index in [4.69, 9.17) is 4.74 Å². The molecule has 0 saturated carbocycles. The standard InChI is InChI=1S/C26H27N3O2S/c1-31-22-10-6-5-9-19(22)16-29-17-28-25-24(26(29)30)21-12-11-20(15-23(21)32-25)27-14-13-18-7-3-2-4-8-18/h2-10,17,20,27H,11-16H2,1H3/t20-/m0/s1. The maximum absolute atomic E-state index is 13.3. The Morgan fingerprint density at radius 3 is 2.81 bits per heavy atom. The van der Waals surface area contributed by atoms with E-state index in [2.05, 4.69) is 40.6 Å². The maximum atomic E-state index is 13.3. The van der Waals surface area contributed by atoms with Crippen molar-refractivity contribution in [1.82, 2.24) is 14.9 Å². The SMILES string of the molecule is COc1ccccc1Cn1cnc2sc3c(c2c1=O)CC[C@H](NCCc1ccccc1)C3. The first kappa shape index (κ1) is 20.9. The van der Waals surface area contributed by atoms with E-state index in [9.17, 15) is 4.79 Å². The Morgan fingerprint density at radius 1 is 1.16 bits per heavy atom. The molecular weight excluding hydrogens is 418 g/mol. The summed E-state index contributed by atoms with van der Waals surface area (Å²) in [6.45, 7) is 1.43.